The first kappa shape index (κ1) is 18.4. The first-order chi connectivity index (χ1) is 13.0. The maximum absolute atomic E-state index is 12.4. The lowest BCUT2D eigenvalue weighted by molar-refractivity contribution is -0.133. The van der Waals surface area contributed by atoms with E-state index in [1.807, 2.05) is 9.80 Å². The van der Waals surface area contributed by atoms with Gasteiger partial charge in [-0.15, -0.1) is 10.2 Å². The summed E-state index contributed by atoms with van der Waals surface area (Å²) in [7, 11) is 0. The van der Waals surface area contributed by atoms with Crippen LogP contribution >= 0.6 is 0 Å². The number of amides is 2. The molecule has 3 heterocycles. The molecule has 1 aromatic rings. The normalized spacial score (nSPS) is 20.9. The van der Waals surface area contributed by atoms with Crippen LogP contribution in [0.2, 0.25) is 0 Å². The number of likely N-dealkylation sites (tertiary alicyclic amines) is 1. The highest BCUT2D eigenvalue weighted by Crippen LogP contribution is 2.34. The second-order valence-electron chi connectivity index (χ2n) is 8.84. The summed E-state index contributed by atoms with van der Waals surface area (Å²) in [5.74, 6) is 3.90. The van der Waals surface area contributed by atoms with E-state index in [4.69, 9.17) is 0 Å². The van der Waals surface area contributed by atoms with Crippen molar-refractivity contribution in [3.63, 3.8) is 0 Å². The molecule has 1 aromatic heterocycles. The van der Waals surface area contributed by atoms with Crippen molar-refractivity contribution in [3.8, 4) is 0 Å². The van der Waals surface area contributed by atoms with Crippen LogP contribution in [0.1, 0.15) is 69.9 Å². The summed E-state index contributed by atoms with van der Waals surface area (Å²) in [6.07, 6.45) is 5.65. The fourth-order valence-electron chi connectivity index (χ4n) is 4.26. The monoisotopic (exact) mass is 373 g/mol. The van der Waals surface area contributed by atoms with Crippen LogP contribution < -0.4 is 0 Å². The number of rotatable bonds is 5. The molecule has 0 N–H and O–H groups in total. The zero-order valence-electron chi connectivity index (χ0n) is 16.6. The Morgan fingerprint density at radius 1 is 0.963 bits per heavy atom. The Bertz CT molecular complexity index is 701. The van der Waals surface area contributed by atoms with Gasteiger partial charge < -0.3 is 14.4 Å². The Kier molecular flexibility index (Phi) is 5.19. The molecule has 7 heteroatoms. The molecule has 1 saturated heterocycles. The van der Waals surface area contributed by atoms with Gasteiger partial charge in [0.25, 0.3) is 0 Å². The molecule has 2 aliphatic heterocycles. The van der Waals surface area contributed by atoms with Crippen LogP contribution in [0.3, 0.4) is 0 Å². The molecular weight excluding hydrogens is 342 g/mol. The number of fused-ring (bicyclic) bond motifs is 1. The Morgan fingerprint density at radius 3 is 2.37 bits per heavy atom. The number of piperidine rings is 1. The molecular formula is C20H31N5O2. The molecule has 4 rings (SSSR count). The van der Waals surface area contributed by atoms with Crippen molar-refractivity contribution >= 4 is 11.8 Å². The second-order valence-corrected chi connectivity index (χ2v) is 8.84. The highest BCUT2D eigenvalue weighted by atomic mass is 16.2. The first-order valence-corrected chi connectivity index (χ1v) is 10.5. The smallest absolute Gasteiger partial charge is 0.223 e. The standard InChI is InChI=1S/C20H31N5O2/c1-14(2)11-18(26)23-7-5-16(6-8-23)20-22-21-17-13-24(9-10-25(17)20)19(27)12-15-3-4-15/h14-16H,3-13H2,1-2H3. The minimum absolute atomic E-state index is 0.269. The number of aromatic nitrogens is 3. The highest BCUT2D eigenvalue weighted by Gasteiger charge is 2.32. The Hall–Kier alpha value is -1.92. The van der Waals surface area contributed by atoms with Gasteiger partial charge in [-0.1, -0.05) is 13.8 Å². The maximum Gasteiger partial charge on any atom is 0.223 e. The summed E-state index contributed by atoms with van der Waals surface area (Å²) in [5, 5.41) is 8.87. The third-order valence-electron chi connectivity index (χ3n) is 6.09. The van der Waals surface area contributed by atoms with Gasteiger partial charge in [0.2, 0.25) is 11.8 Å². The van der Waals surface area contributed by atoms with Gasteiger partial charge in [-0.2, -0.15) is 0 Å². The lowest BCUT2D eigenvalue weighted by atomic mass is 9.95. The third kappa shape index (κ3) is 4.17. The van der Waals surface area contributed by atoms with Crippen LogP contribution in [0.4, 0.5) is 0 Å². The molecule has 0 aromatic carbocycles. The van der Waals surface area contributed by atoms with Crippen LogP contribution in [-0.4, -0.2) is 56.0 Å². The molecule has 0 atom stereocenters. The van der Waals surface area contributed by atoms with Crippen molar-refractivity contribution in [3.05, 3.63) is 11.6 Å². The van der Waals surface area contributed by atoms with Crippen LogP contribution in [0.15, 0.2) is 0 Å². The summed E-state index contributed by atoms with van der Waals surface area (Å²) in [6.45, 7) is 7.94. The molecule has 1 aliphatic carbocycles. The minimum Gasteiger partial charge on any atom is -0.343 e. The molecule has 148 valence electrons. The summed E-state index contributed by atoms with van der Waals surface area (Å²) in [6, 6.07) is 0. The van der Waals surface area contributed by atoms with Crippen molar-refractivity contribution in [1.82, 2.24) is 24.6 Å². The van der Waals surface area contributed by atoms with E-state index in [1.54, 1.807) is 0 Å². The van der Waals surface area contributed by atoms with E-state index in [1.165, 1.54) is 12.8 Å². The zero-order valence-corrected chi connectivity index (χ0v) is 16.6. The van der Waals surface area contributed by atoms with Gasteiger partial charge in [0.15, 0.2) is 5.82 Å². The fourth-order valence-corrected chi connectivity index (χ4v) is 4.26. The number of hydrogen-bond donors (Lipinski definition) is 0. The summed E-state index contributed by atoms with van der Waals surface area (Å²) >= 11 is 0. The minimum atomic E-state index is 0.269. The average Bonchev–Trinajstić information content (AvgIpc) is 3.36. The zero-order chi connectivity index (χ0) is 19.0. The van der Waals surface area contributed by atoms with Gasteiger partial charge in [-0.25, -0.2) is 0 Å². The SMILES string of the molecule is CC(C)CC(=O)N1CCC(c2nnc3n2CCN(C(=O)CC2CC2)C3)CC1. The van der Waals surface area contributed by atoms with Gasteiger partial charge in [0.1, 0.15) is 5.82 Å². The van der Waals surface area contributed by atoms with Crippen molar-refractivity contribution in [2.45, 2.75) is 71.4 Å². The van der Waals surface area contributed by atoms with E-state index in [-0.39, 0.29) is 11.8 Å². The maximum atomic E-state index is 12.4. The predicted octanol–water partition coefficient (Wildman–Crippen LogP) is 2.17. The fraction of sp³-hybridized carbons (Fsp3) is 0.800. The van der Waals surface area contributed by atoms with Crippen LogP contribution in [-0.2, 0) is 22.7 Å². The molecule has 2 fully saturated rings. The number of carbonyl (C=O) groups excluding carboxylic acids is 2. The second kappa shape index (κ2) is 7.60. The number of hydrogen-bond acceptors (Lipinski definition) is 4. The summed E-state index contributed by atoms with van der Waals surface area (Å²) < 4.78 is 2.22. The van der Waals surface area contributed by atoms with Crippen molar-refractivity contribution in [1.29, 1.82) is 0 Å². The van der Waals surface area contributed by atoms with Gasteiger partial charge in [-0.3, -0.25) is 9.59 Å². The molecule has 7 nitrogen and oxygen atoms in total. The Balaban J connectivity index is 1.35. The molecule has 0 unspecified atom stereocenters. The predicted molar refractivity (Wildman–Crippen MR) is 101 cm³/mol. The molecule has 0 bridgehead atoms. The van der Waals surface area contributed by atoms with E-state index in [2.05, 4.69) is 28.6 Å². The summed E-state index contributed by atoms with van der Waals surface area (Å²) in [4.78, 5) is 28.6. The molecule has 2 amide bonds. The molecule has 1 saturated carbocycles. The van der Waals surface area contributed by atoms with Crippen LogP contribution in [0.25, 0.3) is 0 Å². The number of nitrogens with zero attached hydrogens (tertiary/aromatic N) is 5. The van der Waals surface area contributed by atoms with Crippen molar-refractivity contribution in [2.24, 2.45) is 11.8 Å². The Morgan fingerprint density at radius 2 is 1.70 bits per heavy atom. The van der Waals surface area contributed by atoms with E-state index in [0.29, 0.717) is 37.1 Å². The van der Waals surface area contributed by atoms with E-state index in [9.17, 15) is 9.59 Å². The van der Waals surface area contributed by atoms with Crippen molar-refractivity contribution in [2.75, 3.05) is 19.6 Å². The first-order valence-electron chi connectivity index (χ1n) is 10.5. The topological polar surface area (TPSA) is 71.3 Å². The van der Waals surface area contributed by atoms with E-state index in [0.717, 1.165) is 50.7 Å². The van der Waals surface area contributed by atoms with Gasteiger partial charge in [-0.05, 0) is 37.5 Å². The largest absolute Gasteiger partial charge is 0.343 e. The quantitative estimate of drug-likeness (QED) is 0.793. The lowest BCUT2D eigenvalue weighted by Crippen LogP contribution is -2.40. The molecule has 3 aliphatic rings. The van der Waals surface area contributed by atoms with Crippen LogP contribution in [0, 0.1) is 11.8 Å². The van der Waals surface area contributed by atoms with Crippen LogP contribution in [0.5, 0.6) is 0 Å². The molecule has 27 heavy (non-hydrogen) atoms. The average molecular weight is 374 g/mol. The summed E-state index contributed by atoms with van der Waals surface area (Å²) in [5.41, 5.74) is 0. The molecule has 0 spiro atoms. The lowest BCUT2D eigenvalue weighted by Gasteiger charge is -2.33. The van der Waals surface area contributed by atoms with Gasteiger partial charge >= 0.3 is 0 Å². The van der Waals surface area contributed by atoms with Gasteiger partial charge in [0.05, 0.1) is 6.54 Å². The third-order valence-corrected chi connectivity index (χ3v) is 6.09. The number of carbonyl (C=O) groups is 2. The van der Waals surface area contributed by atoms with E-state index < -0.39 is 0 Å². The van der Waals surface area contributed by atoms with Crippen molar-refractivity contribution < 1.29 is 9.59 Å². The molecule has 0 radical (unpaired) electrons. The Labute approximate surface area is 161 Å². The van der Waals surface area contributed by atoms with Gasteiger partial charge in [0, 0.05) is 44.9 Å². The highest BCUT2D eigenvalue weighted by molar-refractivity contribution is 5.77. The van der Waals surface area contributed by atoms with E-state index >= 15 is 0 Å².